The zero-order valence-corrected chi connectivity index (χ0v) is 24.7. The van der Waals surface area contributed by atoms with E-state index in [1.165, 1.54) is 0 Å². The summed E-state index contributed by atoms with van der Waals surface area (Å²) < 4.78 is 0. The minimum absolute atomic E-state index is 0.174. The SMILES string of the molecule is Cc1c(N=Cc2c(O)ccc3cc(-c4ccccc4)ccc23)cccc1N=Cc1c(O)ccc2cc(-c3ccccc3)ccc12. The molecule has 0 aromatic heterocycles. The molecule has 0 unspecified atom stereocenters. The molecule has 0 saturated heterocycles. The molecule has 0 atom stereocenters. The number of hydrogen-bond acceptors (Lipinski definition) is 4. The van der Waals surface area contributed by atoms with E-state index < -0.39 is 0 Å². The predicted molar refractivity (Wildman–Crippen MR) is 188 cm³/mol. The molecule has 0 fully saturated rings. The van der Waals surface area contributed by atoms with E-state index in [2.05, 4.69) is 48.5 Å². The zero-order chi connectivity index (χ0) is 30.8. The Morgan fingerprint density at radius 3 is 1.33 bits per heavy atom. The Kier molecular flexibility index (Phi) is 7.38. The number of nitrogens with zero attached hydrogens (tertiary/aromatic N) is 2. The van der Waals surface area contributed by atoms with Crippen LogP contribution in [0.2, 0.25) is 0 Å². The number of rotatable bonds is 6. The maximum absolute atomic E-state index is 10.8. The first kappa shape index (κ1) is 27.8. The second-order valence-electron chi connectivity index (χ2n) is 11.0. The number of aliphatic imine (C=N–C) groups is 2. The number of hydrogen-bond donors (Lipinski definition) is 2. The monoisotopic (exact) mass is 582 g/mol. The van der Waals surface area contributed by atoms with Gasteiger partial charge in [0.05, 0.1) is 11.4 Å². The van der Waals surface area contributed by atoms with Crippen LogP contribution in [0.4, 0.5) is 11.4 Å². The summed E-state index contributed by atoms with van der Waals surface area (Å²) in [5, 5.41) is 25.4. The van der Waals surface area contributed by atoms with E-state index >= 15 is 0 Å². The molecule has 2 N–H and O–H groups in total. The second kappa shape index (κ2) is 11.9. The standard InChI is InChI=1S/C41H30N2O2/c1-27-38(42-25-36-34-19-15-30(28-9-4-2-5-10-28)23-32(34)17-21-40(36)44)13-8-14-39(27)43-26-37-35-20-16-31(29-11-6-3-7-12-29)24-33(35)18-22-41(37)45/h2-26,44-45H,1H3. The number of phenolic OH excluding ortho intramolecular Hbond substituents is 2. The molecule has 45 heavy (non-hydrogen) atoms. The molecule has 0 amide bonds. The van der Waals surface area contributed by atoms with E-state index in [1.54, 1.807) is 24.6 Å². The highest BCUT2D eigenvalue weighted by Crippen LogP contribution is 2.34. The van der Waals surface area contributed by atoms with E-state index in [0.717, 1.165) is 60.7 Å². The van der Waals surface area contributed by atoms with Crippen LogP contribution in [-0.4, -0.2) is 22.6 Å². The Bertz CT molecular complexity index is 2080. The Labute approximate surface area is 261 Å². The van der Waals surface area contributed by atoms with Gasteiger partial charge in [-0.1, -0.05) is 103 Å². The molecule has 0 saturated carbocycles. The van der Waals surface area contributed by atoms with Crippen LogP contribution < -0.4 is 0 Å². The van der Waals surface area contributed by atoms with Crippen molar-refractivity contribution in [2.24, 2.45) is 9.98 Å². The lowest BCUT2D eigenvalue weighted by atomic mass is 9.98. The Balaban J connectivity index is 1.20. The van der Waals surface area contributed by atoms with Gasteiger partial charge in [-0.2, -0.15) is 0 Å². The van der Waals surface area contributed by atoms with Crippen molar-refractivity contribution in [3.8, 4) is 33.8 Å². The van der Waals surface area contributed by atoms with Crippen LogP contribution in [0.3, 0.4) is 0 Å². The summed E-state index contributed by atoms with van der Waals surface area (Å²) >= 11 is 0. The lowest BCUT2D eigenvalue weighted by Crippen LogP contribution is -1.89. The molecular weight excluding hydrogens is 552 g/mol. The summed E-state index contributed by atoms with van der Waals surface area (Å²) in [6.07, 6.45) is 3.44. The van der Waals surface area contributed by atoms with Crippen LogP contribution in [0.25, 0.3) is 43.8 Å². The molecule has 216 valence electrons. The van der Waals surface area contributed by atoms with Crippen molar-refractivity contribution in [1.82, 2.24) is 0 Å². The van der Waals surface area contributed by atoms with Crippen molar-refractivity contribution in [1.29, 1.82) is 0 Å². The van der Waals surface area contributed by atoms with E-state index in [9.17, 15) is 10.2 Å². The zero-order valence-electron chi connectivity index (χ0n) is 24.7. The van der Waals surface area contributed by atoms with Crippen molar-refractivity contribution in [3.63, 3.8) is 0 Å². The predicted octanol–water partition coefficient (Wildman–Crippen LogP) is 10.5. The van der Waals surface area contributed by atoms with Gasteiger partial charge in [-0.05, 0) is 87.1 Å². The van der Waals surface area contributed by atoms with Crippen LogP contribution in [0, 0.1) is 6.92 Å². The first-order chi connectivity index (χ1) is 22.0. The largest absolute Gasteiger partial charge is 0.507 e. The third-order valence-corrected chi connectivity index (χ3v) is 8.23. The minimum atomic E-state index is 0.174. The second-order valence-corrected chi connectivity index (χ2v) is 11.0. The summed E-state index contributed by atoms with van der Waals surface area (Å²) in [5.41, 5.74) is 8.23. The maximum Gasteiger partial charge on any atom is 0.124 e. The highest BCUT2D eigenvalue weighted by Gasteiger charge is 2.10. The molecule has 0 aliphatic carbocycles. The number of phenols is 2. The van der Waals surface area contributed by atoms with Gasteiger partial charge in [0, 0.05) is 29.1 Å². The Morgan fingerprint density at radius 2 is 0.889 bits per heavy atom. The molecule has 0 spiro atoms. The minimum Gasteiger partial charge on any atom is -0.507 e. The summed E-state index contributed by atoms with van der Waals surface area (Å²) in [7, 11) is 0. The molecule has 0 aliphatic heterocycles. The van der Waals surface area contributed by atoms with Crippen LogP contribution in [0.5, 0.6) is 11.5 Å². The fraction of sp³-hybridized carbons (Fsp3) is 0.0244. The van der Waals surface area contributed by atoms with Gasteiger partial charge in [0.15, 0.2) is 0 Å². The molecule has 0 radical (unpaired) electrons. The van der Waals surface area contributed by atoms with Gasteiger partial charge in [-0.3, -0.25) is 9.98 Å². The average Bonchev–Trinajstić information content (AvgIpc) is 3.09. The molecule has 4 nitrogen and oxygen atoms in total. The Morgan fingerprint density at radius 1 is 0.444 bits per heavy atom. The van der Waals surface area contributed by atoms with Crippen LogP contribution in [0.15, 0.2) is 150 Å². The first-order valence-corrected chi connectivity index (χ1v) is 14.9. The van der Waals surface area contributed by atoms with Crippen molar-refractivity contribution in [2.75, 3.05) is 0 Å². The van der Waals surface area contributed by atoms with Crippen LogP contribution >= 0.6 is 0 Å². The van der Waals surface area contributed by atoms with Gasteiger partial charge in [-0.15, -0.1) is 0 Å². The maximum atomic E-state index is 10.8. The van der Waals surface area contributed by atoms with Crippen LogP contribution in [-0.2, 0) is 0 Å². The van der Waals surface area contributed by atoms with Gasteiger partial charge >= 0.3 is 0 Å². The van der Waals surface area contributed by atoms with E-state index in [1.807, 2.05) is 85.8 Å². The topological polar surface area (TPSA) is 65.2 Å². The fourth-order valence-electron chi connectivity index (χ4n) is 5.74. The molecule has 0 heterocycles. The van der Waals surface area contributed by atoms with Gasteiger partial charge < -0.3 is 10.2 Å². The van der Waals surface area contributed by atoms with Gasteiger partial charge in [0.1, 0.15) is 11.5 Å². The summed E-state index contributed by atoms with van der Waals surface area (Å²) in [6, 6.07) is 46.0. The lowest BCUT2D eigenvalue weighted by molar-refractivity contribution is 0.475. The number of fused-ring (bicyclic) bond motifs is 2. The smallest absolute Gasteiger partial charge is 0.124 e. The molecule has 7 aromatic rings. The summed E-state index contributed by atoms with van der Waals surface area (Å²) in [4.78, 5) is 9.56. The van der Waals surface area contributed by atoms with Crippen molar-refractivity contribution in [3.05, 3.63) is 156 Å². The third-order valence-electron chi connectivity index (χ3n) is 8.23. The molecule has 4 heteroatoms. The lowest BCUT2D eigenvalue weighted by Gasteiger charge is -2.09. The van der Waals surface area contributed by atoms with Crippen molar-refractivity contribution >= 4 is 45.3 Å². The quantitative estimate of drug-likeness (QED) is 0.192. The average molecular weight is 583 g/mol. The summed E-state index contributed by atoms with van der Waals surface area (Å²) in [6.45, 7) is 1.98. The van der Waals surface area contributed by atoms with Crippen molar-refractivity contribution < 1.29 is 10.2 Å². The Hall–Kier alpha value is -6.00. The fourth-order valence-corrected chi connectivity index (χ4v) is 5.74. The highest BCUT2D eigenvalue weighted by atomic mass is 16.3. The third kappa shape index (κ3) is 5.57. The van der Waals surface area contributed by atoms with E-state index in [0.29, 0.717) is 11.1 Å². The molecule has 0 aliphatic rings. The normalized spacial score (nSPS) is 11.7. The molecule has 0 bridgehead atoms. The van der Waals surface area contributed by atoms with E-state index in [-0.39, 0.29) is 11.5 Å². The molecular formula is C41H30N2O2. The number of benzene rings is 7. The first-order valence-electron chi connectivity index (χ1n) is 14.9. The van der Waals surface area contributed by atoms with Gasteiger partial charge in [0.2, 0.25) is 0 Å². The van der Waals surface area contributed by atoms with E-state index in [4.69, 9.17) is 9.98 Å². The van der Waals surface area contributed by atoms with Gasteiger partial charge in [0.25, 0.3) is 0 Å². The van der Waals surface area contributed by atoms with Crippen molar-refractivity contribution in [2.45, 2.75) is 6.92 Å². The van der Waals surface area contributed by atoms with Gasteiger partial charge in [-0.25, -0.2) is 0 Å². The van der Waals surface area contributed by atoms with Crippen LogP contribution in [0.1, 0.15) is 16.7 Å². The molecule has 7 aromatic carbocycles. The number of aromatic hydroxyl groups is 2. The highest BCUT2D eigenvalue weighted by molar-refractivity contribution is 6.05. The summed E-state index contributed by atoms with van der Waals surface area (Å²) in [5.74, 6) is 0.347. The molecule has 7 rings (SSSR count).